The summed E-state index contributed by atoms with van der Waals surface area (Å²) in [4.78, 5) is 28.2. The fraction of sp³-hybridized carbons (Fsp3) is 0.462. The maximum absolute atomic E-state index is 13.0. The van der Waals surface area contributed by atoms with E-state index in [1.807, 2.05) is 17.0 Å². The highest BCUT2D eigenvalue weighted by Gasteiger charge is 2.39. The van der Waals surface area contributed by atoms with Crippen LogP contribution >= 0.6 is 23.4 Å². The van der Waals surface area contributed by atoms with Gasteiger partial charge in [-0.05, 0) is 73.8 Å². The molecule has 2 aliphatic rings. The van der Waals surface area contributed by atoms with Gasteiger partial charge in [-0.3, -0.25) is 9.59 Å². The number of nitrogens with zero attached hydrogens (tertiary/aromatic N) is 1. The summed E-state index contributed by atoms with van der Waals surface area (Å²) < 4.78 is 0. The van der Waals surface area contributed by atoms with Crippen molar-refractivity contribution in [3.8, 4) is 0 Å². The number of nitrogens with one attached hydrogen (secondary N) is 1. The second-order valence-electron chi connectivity index (χ2n) is 9.27. The second kappa shape index (κ2) is 10.1. The Balaban J connectivity index is 1.35. The van der Waals surface area contributed by atoms with Crippen molar-refractivity contribution in [2.24, 2.45) is 0 Å². The van der Waals surface area contributed by atoms with Crippen molar-refractivity contribution >= 4 is 35.2 Å². The molecule has 0 spiro atoms. The molecule has 4 rings (SSSR count). The van der Waals surface area contributed by atoms with Gasteiger partial charge in [-0.15, -0.1) is 11.8 Å². The zero-order valence-electron chi connectivity index (χ0n) is 19.0. The molecule has 0 aliphatic carbocycles. The van der Waals surface area contributed by atoms with E-state index in [1.54, 1.807) is 23.9 Å². The van der Waals surface area contributed by atoms with Gasteiger partial charge in [-0.25, -0.2) is 0 Å². The molecule has 2 aromatic rings. The quantitative estimate of drug-likeness (QED) is 0.563. The number of rotatable bonds is 7. The van der Waals surface area contributed by atoms with Crippen LogP contribution in [0.1, 0.15) is 49.7 Å². The Morgan fingerprint density at radius 3 is 2.33 bits per heavy atom. The summed E-state index contributed by atoms with van der Waals surface area (Å²) in [6.45, 7) is 1.04. The first kappa shape index (κ1) is 24.1. The molecule has 0 bridgehead atoms. The van der Waals surface area contributed by atoms with Crippen LogP contribution in [0.3, 0.4) is 0 Å². The second-order valence-corrected chi connectivity index (χ2v) is 10.6. The molecule has 2 saturated heterocycles. The van der Waals surface area contributed by atoms with Crippen molar-refractivity contribution < 1.29 is 14.7 Å². The molecule has 0 aromatic heterocycles. The topological polar surface area (TPSA) is 69.6 Å². The summed E-state index contributed by atoms with van der Waals surface area (Å²) in [6.07, 6.45) is 6.07. The van der Waals surface area contributed by atoms with Crippen molar-refractivity contribution in [1.29, 1.82) is 0 Å². The van der Waals surface area contributed by atoms with Crippen LogP contribution in [0.4, 0.5) is 0 Å². The molecule has 2 aromatic carbocycles. The molecule has 0 radical (unpaired) electrons. The van der Waals surface area contributed by atoms with Crippen molar-refractivity contribution in [3.63, 3.8) is 0 Å². The number of benzene rings is 2. The van der Waals surface area contributed by atoms with Gasteiger partial charge in [-0.2, -0.15) is 0 Å². The molecule has 7 heteroatoms. The Hall–Kier alpha value is -2.02. The van der Waals surface area contributed by atoms with Crippen LogP contribution in [-0.4, -0.2) is 46.7 Å². The highest BCUT2D eigenvalue weighted by atomic mass is 35.5. The first-order chi connectivity index (χ1) is 15.8. The van der Waals surface area contributed by atoms with E-state index in [4.69, 9.17) is 11.6 Å². The standard InChI is InChI=1S/C26H31ClN2O3S/c1-33-22-8-2-19(3-9-22)18-25(12-10-23(30)28-25)13-11-24(31)29-16-14-26(32,15-17-29)20-4-6-21(27)7-5-20/h2-9,32H,10-18H2,1H3,(H,28,30)/t25-/m1/s1. The predicted octanol–water partition coefficient (Wildman–Crippen LogP) is 4.54. The van der Waals surface area contributed by atoms with Crippen LogP contribution in [0.2, 0.25) is 5.02 Å². The molecule has 0 unspecified atom stereocenters. The van der Waals surface area contributed by atoms with Gasteiger partial charge in [0.2, 0.25) is 11.8 Å². The fourth-order valence-electron chi connectivity index (χ4n) is 5.00. The number of piperidine rings is 1. The molecule has 2 N–H and O–H groups in total. The number of carbonyl (C=O) groups is 2. The largest absolute Gasteiger partial charge is 0.385 e. The third-order valence-electron chi connectivity index (χ3n) is 7.08. The molecule has 176 valence electrons. The van der Waals surface area contributed by atoms with Crippen LogP contribution in [0.25, 0.3) is 0 Å². The van der Waals surface area contributed by atoms with E-state index < -0.39 is 5.60 Å². The third-order valence-corrected chi connectivity index (χ3v) is 8.07. The normalized spacial score (nSPS) is 22.3. The van der Waals surface area contributed by atoms with Crippen molar-refractivity contribution in [2.45, 2.75) is 61.0 Å². The first-order valence-corrected chi connectivity index (χ1v) is 13.1. The van der Waals surface area contributed by atoms with Gasteiger partial charge in [0, 0.05) is 41.4 Å². The van der Waals surface area contributed by atoms with E-state index in [9.17, 15) is 14.7 Å². The molecular formula is C26H31ClN2O3S. The van der Waals surface area contributed by atoms with E-state index in [0.29, 0.717) is 50.2 Å². The number of carbonyl (C=O) groups excluding carboxylic acids is 2. The van der Waals surface area contributed by atoms with E-state index >= 15 is 0 Å². The maximum atomic E-state index is 13.0. The van der Waals surface area contributed by atoms with E-state index in [1.165, 1.54) is 10.5 Å². The number of aliphatic hydroxyl groups is 1. The molecule has 2 amide bonds. The molecule has 5 nitrogen and oxygen atoms in total. The lowest BCUT2D eigenvalue weighted by atomic mass is 9.83. The molecule has 2 heterocycles. The minimum Gasteiger partial charge on any atom is -0.385 e. The average molecular weight is 487 g/mol. The number of amides is 2. The van der Waals surface area contributed by atoms with Gasteiger partial charge in [0.05, 0.1) is 5.60 Å². The van der Waals surface area contributed by atoms with Gasteiger partial charge >= 0.3 is 0 Å². The van der Waals surface area contributed by atoms with E-state index in [2.05, 4.69) is 35.8 Å². The van der Waals surface area contributed by atoms with Crippen LogP contribution in [0, 0.1) is 0 Å². The fourth-order valence-corrected chi connectivity index (χ4v) is 5.53. The highest BCUT2D eigenvalue weighted by Crippen LogP contribution is 2.35. The van der Waals surface area contributed by atoms with Crippen LogP contribution in [-0.2, 0) is 21.6 Å². The minimum atomic E-state index is -0.926. The monoisotopic (exact) mass is 486 g/mol. The SMILES string of the molecule is CSc1ccc(C[C@]2(CCC(=O)N3CCC(O)(c4ccc(Cl)cc4)CC3)CCC(=O)N2)cc1. The Bertz CT molecular complexity index is 988. The minimum absolute atomic E-state index is 0.0641. The van der Waals surface area contributed by atoms with Gasteiger partial charge in [0.25, 0.3) is 0 Å². The van der Waals surface area contributed by atoms with Crippen LogP contribution in [0.5, 0.6) is 0 Å². The zero-order valence-corrected chi connectivity index (χ0v) is 20.6. The average Bonchev–Trinajstić information content (AvgIpc) is 3.19. The summed E-state index contributed by atoms with van der Waals surface area (Å²) in [7, 11) is 0. The maximum Gasteiger partial charge on any atom is 0.222 e. The molecule has 33 heavy (non-hydrogen) atoms. The lowest BCUT2D eigenvalue weighted by Crippen LogP contribution is -2.47. The number of halogens is 1. The summed E-state index contributed by atoms with van der Waals surface area (Å²) in [6, 6.07) is 15.7. The summed E-state index contributed by atoms with van der Waals surface area (Å²) in [5.41, 5.74) is 0.728. The molecule has 1 atom stereocenters. The van der Waals surface area contributed by atoms with E-state index in [0.717, 1.165) is 18.4 Å². The van der Waals surface area contributed by atoms with Crippen LogP contribution < -0.4 is 5.32 Å². The molecule has 2 aliphatic heterocycles. The summed E-state index contributed by atoms with van der Waals surface area (Å²) >= 11 is 7.68. The summed E-state index contributed by atoms with van der Waals surface area (Å²) in [5, 5.41) is 14.9. The summed E-state index contributed by atoms with van der Waals surface area (Å²) in [5.74, 6) is 0.153. The Morgan fingerprint density at radius 2 is 1.76 bits per heavy atom. The Morgan fingerprint density at radius 1 is 1.09 bits per heavy atom. The van der Waals surface area contributed by atoms with Crippen molar-refractivity contribution in [1.82, 2.24) is 10.2 Å². The molecular weight excluding hydrogens is 456 g/mol. The molecule has 2 fully saturated rings. The lowest BCUT2D eigenvalue weighted by molar-refractivity contribution is -0.136. The third kappa shape index (κ3) is 5.73. The highest BCUT2D eigenvalue weighted by molar-refractivity contribution is 7.98. The van der Waals surface area contributed by atoms with Gasteiger partial charge in [-0.1, -0.05) is 35.9 Å². The Labute approximate surface area is 204 Å². The van der Waals surface area contributed by atoms with Gasteiger partial charge in [0.15, 0.2) is 0 Å². The Kier molecular flexibility index (Phi) is 7.37. The number of hydrogen-bond acceptors (Lipinski definition) is 4. The van der Waals surface area contributed by atoms with Gasteiger partial charge in [0.1, 0.15) is 0 Å². The van der Waals surface area contributed by atoms with Crippen LogP contribution in [0.15, 0.2) is 53.4 Å². The zero-order chi connectivity index (χ0) is 23.5. The number of hydrogen-bond donors (Lipinski definition) is 2. The lowest BCUT2D eigenvalue weighted by Gasteiger charge is -2.39. The van der Waals surface area contributed by atoms with E-state index in [-0.39, 0.29) is 17.4 Å². The first-order valence-electron chi connectivity index (χ1n) is 11.5. The van der Waals surface area contributed by atoms with Crippen molar-refractivity contribution in [3.05, 3.63) is 64.7 Å². The molecule has 0 saturated carbocycles. The predicted molar refractivity (Wildman–Crippen MR) is 132 cm³/mol. The number of likely N-dealkylation sites (tertiary alicyclic amines) is 1. The number of thioether (sulfide) groups is 1. The van der Waals surface area contributed by atoms with Crippen molar-refractivity contribution in [2.75, 3.05) is 19.3 Å². The van der Waals surface area contributed by atoms with Gasteiger partial charge < -0.3 is 15.3 Å². The smallest absolute Gasteiger partial charge is 0.222 e.